The van der Waals surface area contributed by atoms with E-state index in [-0.39, 0.29) is 0 Å². The Morgan fingerprint density at radius 2 is 2.25 bits per heavy atom. The van der Waals surface area contributed by atoms with Crippen LogP contribution in [0.4, 0.5) is 11.5 Å². The highest BCUT2D eigenvalue weighted by atomic mass is 15.3. The maximum atomic E-state index is 5.90. The zero-order valence-electron chi connectivity index (χ0n) is 10.5. The van der Waals surface area contributed by atoms with Gasteiger partial charge in [0.05, 0.1) is 5.69 Å². The fraction of sp³-hybridized carbons (Fsp3) is 0.750. The van der Waals surface area contributed by atoms with E-state index < -0.39 is 0 Å². The molecule has 1 unspecified atom stereocenters. The highest BCUT2D eigenvalue weighted by Crippen LogP contribution is 2.37. The van der Waals surface area contributed by atoms with Gasteiger partial charge in [0.1, 0.15) is 0 Å². The molecule has 1 atom stereocenters. The zero-order valence-corrected chi connectivity index (χ0v) is 10.5. The molecule has 1 aromatic rings. The lowest BCUT2D eigenvalue weighted by molar-refractivity contribution is 0.216. The minimum absolute atomic E-state index is 0.336. The van der Waals surface area contributed by atoms with Gasteiger partial charge in [0.25, 0.3) is 0 Å². The standard InChI is InChI=1S/C12H22N4/c1-12(2)7-5-4-6-10(12)14-11-9(13)8-16(3)15-11/h8,10H,4-7,13H2,1-3H3,(H,14,15). The van der Waals surface area contributed by atoms with Gasteiger partial charge < -0.3 is 11.1 Å². The lowest BCUT2D eigenvalue weighted by atomic mass is 9.73. The summed E-state index contributed by atoms with van der Waals surface area (Å²) in [6.07, 6.45) is 6.97. The fourth-order valence-corrected chi connectivity index (χ4v) is 2.55. The molecule has 3 N–H and O–H groups in total. The quantitative estimate of drug-likeness (QED) is 0.807. The van der Waals surface area contributed by atoms with E-state index in [1.165, 1.54) is 25.7 Å². The fourth-order valence-electron chi connectivity index (χ4n) is 2.55. The van der Waals surface area contributed by atoms with Crippen molar-refractivity contribution in [3.63, 3.8) is 0 Å². The van der Waals surface area contributed by atoms with Crippen LogP contribution in [0.2, 0.25) is 0 Å². The van der Waals surface area contributed by atoms with Gasteiger partial charge >= 0.3 is 0 Å². The van der Waals surface area contributed by atoms with E-state index in [9.17, 15) is 0 Å². The Balaban J connectivity index is 2.11. The Morgan fingerprint density at radius 3 is 2.81 bits per heavy atom. The largest absolute Gasteiger partial charge is 0.394 e. The van der Waals surface area contributed by atoms with E-state index >= 15 is 0 Å². The molecule has 0 spiro atoms. The Kier molecular flexibility index (Phi) is 2.82. The molecule has 1 aromatic heterocycles. The Morgan fingerprint density at radius 1 is 1.50 bits per heavy atom. The monoisotopic (exact) mass is 222 g/mol. The van der Waals surface area contributed by atoms with E-state index in [4.69, 9.17) is 5.73 Å². The number of nitrogen functional groups attached to an aromatic ring is 1. The molecule has 1 fully saturated rings. The van der Waals surface area contributed by atoms with Crippen molar-refractivity contribution in [2.45, 2.75) is 45.6 Å². The van der Waals surface area contributed by atoms with Gasteiger partial charge in [-0.2, -0.15) is 5.10 Å². The number of hydrogen-bond donors (Lipinski definition) is 2. The summed E-state index contributed by atoms with van der Waals surface area (Å²) in [4.78, 5) is 0. The van der Waals surface area contributed by atoms with Crippen molar-refractivity contribution in [1.29, 1.82) is 0 Å². The topological polar surface area (TPSA) is 55.9 Å². The van der Waals surface area contributed by atoms with Crippen molar-refractivity contribution < 1.29 is 0 Å². The van der Waals surface area contributed by atoms with Crippen LogP contribution < -0.4 is 11.1 Å². The Hall–Kier alpha value is -1.19. The van der Waals surface area contributed by atoms with Crippen LogP contribution in [0.3, 0.4) is 0 Å². The molecule has 4 heteroatoms. The van der Waals surface area contributed by atoms with Crippen LogP contribution in [0.5, 0.6) is 0 Å². The predicted octanol–water partition coefficient (Wildman–Crippen LogP) is 2.38. The Labute approximate surface area is 97.2 Å². The third kappa shape index (κ3) is 2.15. The van der Waals surface area contributed by atoms with Gasteiger partial charge in [-0.15, -0.1) is 0 Å². The van der Waals surface area contributed by atoms with Gasteiger partial charge in [0.15, 0.2) is 5.82 Å². The molecule has 0 saturated heterocycles. The predicted molar refractivity (Wildman–Crippen MR) is 67.3 cm³/mol. The summed E-state index contributed by atoms with van der Waals surface area (Å²) in [5, 5.41) is 7.85. The SMILES string of the molecule is Cn1cc(N)c(NC2CCCCC2(C)C)n1. The van der Waals surface area contributed by atoms with Gasteiger partial charge in [0.2, 0.25) is 0 Å². The van der Waals surface area contributed by atoms with Crippen LogP contribution in [0.25, 0.3) is 0 Å². The van der Waals surface area contributed by atoms with Crippen LogP contribution >= 0.6 is 0 Å². The number of nitrogens with two attached hydrogens (primary N) is 1. The lowest BCUT2D eigenvalue weighted by Gasteiger charge is -2.39. The third-order valence-corrected chi connectivity index (χ3v) is 3.68. The minimum atomic E-state index is 0.336. The Bertz CT molecular complexity index is 367. The normalized spacial score (nSPS) is 24.3. The van der Waals surface area contributed by atoms with Crippen LogP contribution in [0.1, 0.15) is 39.5 Å². The molecule has 4 nitrogen and oxygen atoms in total. The summed E-state index contributed by atoms with van der Waals surface area (Å²) in [5.41, 5.74) is 6.98. The first-order valence-corrected chi connectivity index (χ1v) is 6.05. The highest BCUT2D eigenvalue weighted by molar-refractivity contribution is 5.60. The summed E-state index contributed by atoms with van der Waals surface area (Å²) in [7, 11) is 1.90. The number of nitrogens with one attached hydrogen (secondary N) is 1. The van der Waals surface area contributed by atoms with Crippen LogP contribution in [0, 0.1) is 5.41 Å². The highest BCUT2D eigenvalue weighted by Gasteiger charge is 2.32. The molecule has 1 saturated carbocycles. The second kappa shape index (κ2) is 4.00. The van der Waals surface area contributed by atoms with Gasteiger partial charge in [-0.1, -0.05) is 26.7 Å². The first-order chi connectivity index (χ1) is 7.49. The average Bonchev–Trinajstić information content (AvgIpc) is 2.49. The van der Waals surface area contributed by atoms with E-state index in [0.717, 1.165) is 11.5 Å². The summed E-state index contributed by atoms with van der Waals surface area (Å²) in [6.45, 7) is 4.64. The zero-order chi connectivity index (χ0) is 11.8. The minimum Gasteiger partial charge on any atom is -0.394 e. The summed E-state index contributed by atoms with van der Waals surface area (Å²) in [6, 6.07) is 0.485. The van der Waals surface area contributed by atoms with Crippen molar-refractivity contribution in [1.82, 2.24) is 9.78 Å². The lowest BCUT2D eigenvalue weighted by Crippen LogP contribution is -2.39. The molecule has 0 aromatic carbocycles. The molecule has 1 heterocycles. The molecule has 16 heavy (non-hydrogen) atoms. The summed E-state index contributed by atoms with van der Waals surface area (Å²) in [5.74, 6) is 0.836. The van der Waals surface area contributed by atoms with Crippen molar-refractivity contribution in [2.75, 3.05) is 11.1 Å². The molecule has 1 aliphatic carbocycles. The number of nitrogens with zero attached hydrogens (tertiary/aromatic N) is 2. The smallest absolute Gasteiger partial charge is 0.171 e. The maximum Gasteiger partial charge on any atom is 0.171 e. The van der Waals surface area contributed by atoms with Gasteiger partial charge in [-0.25, -0.2) is 0 Å². The molecular weight excluding hydrogens is 200 g/mol. The van der Waals surface area contributed by atoms with E-state index in [1.54, 1.807) is 4.68 Å². The number of aryl methyl sites for hydroxylation is 1. The molecule has 2 rings (SSSR count). The van der Waals surface area contributed by atoms with Gasteiger partial charge in [0, 0.05) is 19.3 Å². The molecule has 0 radical (unpaired) electrons. The number of aromatic nitrogens is 2. The first-order valence-electron chi connectivity index (χ1n) is 6.05. The third-order valence-electron chi connectivity index (χ3n) is 3.68. The van der Waals surface area contributed by atoms with Crippen LogP contribution in [-0.2, 0) is 7.05 Å². The van der Waals surface area contributed by atoms with E-state index in [1.807, 2.05) is 13.2 Å². The van der Waals surface area contributed by atoms with Crippen LogP contribution in [0.15, 0.2) is 6.20 Å². The second-order valence-electron chi connectivity index (χ2n) is 5.54. The molecule has 0 amide bonds. The first kappa shape index (κ1) is 11.3. The van der Waals surface area contributed by atoms with Crippen molar-refractivity contribution in [2.24, 2.45) is 12.5 Å². The van der Waals surface area contributed by atoms with Crippen molar-refractivity contribution >= 4 is 11.5 Å². The molecule has 0 aliphatic heterocycles. The molecular formula is C12H22N4. The second-order valence-corrected chi connectivity index (χ2v) is 5.54. The van der Waals surface area contributed by atoms with Crippen LogP contribution in [-0.4, -0.2) is 15.8 Å². The van der Waals surface area contributed by atoms with E-state index in [0.29, 0.717) is 11.5 Å². The van der Waals surface area contributed by atoms with Gasteiger partial charge in [-0.05, 0) is 18.3 Å². The average molecular weight is 222 g/mol. The molecule has 1 aliphatic rings. The number of anilines is 2. The number of rotatable bonds is 2. The molecule has 0 bridgehead atoms. The maximum absolute atomic E-state index is 5.90. The van der Waals surface area contributed by atoms with E-state index in [2.05, 4.69) is 24.3 Å². The van der Waals surface area contributed by atoms with Crippen molar-refractivity contribution in [3.05, 3.63) is 6.20 Å². The van der Waals surface area contributed by atoms with Gasteiger partial charge in [-0.3, -0.25) is 4.68 Å². The number of hydrogen-bond acceptors (Lipinski definition) is 3. The summed E-state index contributed by atoms with van der Waals surface area (Å²) >= 11 is 0. The molecule has 90 valence electrons. The van der Waals surface area contributed by atoms with Crippen molar-refractivity contribution in [3.8, 4) is 0 Å². The summed E-state index contributed by atoms with van der Waals surface area (Å²) < 4.78 is 1.76.